The van der Waals surface area contributed by atoms with Crippen molar-refractivity contribution >= 4 is 21.8 Å². The SMILES string of the molecule is CCCN(Cc1ccc(C)cc1)C(=O)c1cccc(Br)n1. The number of aromatic nitrogens is 1. The Bertz CT molecular complexity index is 610. The van der Waals surface area contributed by atoms with E-state index < -0.39 is 0 Å². The summed E-state index contributed by atoms with van der Waals surface area (Å²) >= 11 is 3.31. The van der Waals surface area contributed by atoms with Gasteiger partial charge in [-0.3, -0.25) is 4.79 Å². The molecule has 0 unspecified atom stereocenters. The number of carbonyl (C=O) groups excluding carboxylic acids is 1. The fraction of sp³-hybridized carbons (Fsp3) is 0.294. The molecule has 2 rings (SSSR count). The summed E-state index contributed by atoms with van der Waals surface area (Å²) in [5.41, 5.74) is 2.84. The van der Waals surface area contributed by atoms with Gasteiger partial charge in [-0.05, 0) is 47.0 Å². The highest BCUT2D eigenvalue weighted by molar-refractivity contribution is 9.10. The van der Waals surface area contributed by atoms with Gasteiger partial charge in [0.15, 0.2) is 0 Å². The average Bonchev–Trinajstić information content (AvgIpc) is 2.48. The second-order valence-corrected chi connectivity index (χ2v) is 5.87. The van der Waals surface area contributed by atoms with Crippen LogP contribution in [0, 0.1) is 6.92 Å². The predicted octanol–water partition coefficient (Wildman–Crippen LogP) is 4.20. The third kappa shape index (κ3) is 4.39. The summed E-state index contributed by atoms with van der Waals surface area (Å²) in [5, 5.41) is 0. The van der Waals surface area contributed by atoms with Crippen molar-refractivity contribution in [1.82, 2.24) is 9.88 Å². The van der Waals surface area contributed by atoms with Crippen LogP contribution in [0.15, 0.2) is 47.1 Å². The first-order chi connectivity index (χ1) is 10.1. The Morgan fingerprint density at radius 3 is 2.52 bits per heavy atom. The van der Waals surface area contributed by atoms with Crippen LogP contribution in [0.25, 0.3) is 0 Å². The number of aryl methyl sites for hydroxylation is 1. The number of rotatable bonds is 5. The molecule has 0 bridgehead atoms. The van der Waals surface area contributed by atoms with Crippen LogP contribution in [-0.2, 0) is 6.54 Å². The Hall–Kier alpha value is -1.68. The fourth-order valence-electron chi connectivity index (χ4n) is 2.13. The maximum Gasteiger partial charge on any atom is 0.272 e. The molecular formula is C17H19BrN2O. The van der Waals surface area contributed by atoms with E-state index >= 15 is 0 Å². The van der Waals surface area contributed by atoms with Crippen LogP contribution in [0.3, 0.4) is 0 Å². The van der Waals surface area contributed by atoms with Crippen molar-refractivity contribution < 1.29 is 4.79 Å². The highest BCUT2D eigenvalue weighted by Gasteiger charge is 2.16. The normalized spacial score (nSPS) is 10.4. The smallest absolute Gasteiger partial charge is 0.272 e. The van der Waals surface area contributed by atoms with Gasteiger partial charge in [-0.2, -0.15) is 0 Å². The first-order valence-electron chi connectivity index (χ1n) is 7.07. The lowest BCUT2D eigenvalue weighted by molar-refractivity contribution is 0.0737. The monoisotopic (exact) mass is 346 g/mol. The number of nitrogens with zero attached hydrogens (tertiary/aromatic N) is 2. The van der Waals surface area contributed by atoms with E-state index in [-0.39, 0.29) is 5.91 Å². The van der Waals surface area contributed by atoms with E-state index in [0.717, 1.165) is 18.5 Å². The second kappa shape index (κ2) is 7.36. The minimum atomic E-state index is -0.0290. The molecule has 0 saturated heterocycles. The number of hydrogen-bond donors (Lipinski definition) is 0. The molecule has 0 N–H and O–H groups in total. The van der Waals surface area contributed by atoms with Crippen LogP contribution >= 0.6 is 15.9 Å². The molecule has 110 valence electrons. The summed E-state index contributed by atoms with van der Waals surface area (Å²) in [6.07, 6.45) is 0.922. The molecule has 1 aromatic heterocycles. The van der Waals surface area contributed by atoms with Gasteiger partial charge in [0.2, 0.25) is 0 Å². The van der Waals surface area contributed by atoms with Gasteiger partial charge >= 0.3 is 0 Å². The Morgan fingerprint density at radius 1 is 1.19 bits per heavy atom. The Labute approximate surface area is 134 Å². The summed E-state index contributed by atoms with van der Waals surface area (Å²) in [5.74, 6) is -0.0290. The number of carbonyl (C=O) groups is 1. The maximum atomic E-state index is 12.6. The second-order valence-electron chi connectivity index (χ2n) is 5.06. The van der Waals surface area contributed by atoms with E-state index in [9.17, 15) is 4.79 Å². The molecule has 0 spiro atoms. The summed E-state index contributed by atoms with van der Waals surface area (Å²) in [7, 11) is 0. The molecule has 1 heterocycles. The van der Waals surface area contributed by atoms with Crippen molar-refractivity contribution in [3.63, 3.8) is 0 Å². The summed E-state index contributed by atoms with van der Waals surface area (Å²) in [6.45, 7) is 5.47. The Kier molecular flexibility index (Phi) is 5.51. The van der Waals surface area contributed by atoms with Gasteiger partial charge < -0.3 is 4.90 Å². The molecule has 1 amide bonds. The van der Waals surface area contributed by atoms with Crippen LogP contribution in [0.4, 0.5) is 0 Å². The van der Waals surface area contributed by atoms with Crippen molar-refractivity contribution in [3.05, 3.63) is 63.9 Å². The van der Waals surface area contributed by atoms with Gasteiger partial charge in [-0.1, -0.05) is 42.8 Å². The Morgan fingerprint density at radius 2 is 1.90 bits per heavy atom. The highest BCUT2D eigenvalue weighted by atomic mass is 79.9. The third-order valence-electron chi connectivity index (χ3n) is 3.21. The van der Waals surface area contributed by atoms with E-state index in [0.29, 0.717) is 16.8 Å². The molecule has 0 radical (unpaired) electrons. The summed E-state index contributed by atoms with van der Waals surface area (Å²) in [4.78, 5) is 18.7. The molecule has 2 aromatic rings. The van der Waals surface area contributed by atoms with Gasteiger partial charge in [0, 0.05) is 13.1 Å². The van der Waals surface area contributed by atoms with Gasteiger partial charge in [0.25, 0.3) is 5.91 Å². The van der Waals surface area contributed by atoms with Crippen LogP contribution < -0.4 is 0 Å². The maximum absolute atomic E-state index is 12.6. The number of hydrogen-bond acceptors (Lipinski definition) is 2. The van der Waals surface area contributed by atoms with Crippen LogP contribution in [0.5, 0.6) is 0 Å². The van der Waals surface area contributed by atoms with Crippen LogP contribution in [0.2, 0.25) is 0 Å². The van der Waals surface area contributed by atoms with Crippen molar-refractivity contribution in [3.8, 4) is 0 Å². The first-order valence-corrected chi connectivity index (χ1v) is 7.87. The van der Waals surface area contributed by atoms with Crippen molar-refractivity contribution in [2.75, 3.05) is 6.54 Å². The third-order valence-corrected chi connectivity index (χ3v) is 3.65. The number of benzene rings is 1. The standard InChI is InChI=1S/C17H19BrN2O/c1-3-11-20(12-14-9-7-13(2)8-10-14)17(21)15-5-4-6-16(18)19-15/h4-10H,3,11-12H2,1-2H3. The topological polar surface area (TPSA) is 33.2 Å². The molecular weight excluding hydrogens is 328 g/mol. The number of halogens is 1. The van der Waals surface area contributed by atoms with Crippen LogP contribution in [-0.4, -0.2) is 22.3 Å². The van der Waals surface area contributed by atoms with Crippen molar-refractivity contribution in [1.29, 1.82) is 0 Å². The fourth-order valence-corrected chi connectivity index (χ4v) is 2.47. The zero-order chi connectivity index (χ0) is 15.2. The Balaban J connectivity index is 2.18. The van der Waals surface area contributed by atoms with Gasteiger partial charge in [-0.15, -0.1) is 0 Å². The van der Waals surface area contributed by atoms with E-state index in [1.54, 1.807) is 6.07 Å². The molecule has 0 atom stereocenters. The summed E-state index contributed by atoms with van der Waals surface area (Å²) < 4.78 is 0.681. The lowest BCUT2D eigenvalue weighted by Crippen LogP contribution is -2.31. The van der Waals surface area contributed by atoms with Gasteiger partial charge in [-0.25, -0.2) is 4.98 Å². The van der Waals surface area contributed by atoms with E-state index in [2.05, 4.69) is 59.0 Å². The lowest BCUT2D eigenvalue weighted by Gasteiger charge is -2.22. The molecule has 21 heavy (non-hydrogen) atoms. The zero-order valence-corrected chi connectivity index (χ0v) is 13.9. The average molecular weight is 347 g/mol. The number of pyridine rings is 1. The molecule has 0 aliphatic rings. The first kappa shape index (κ1) is 15.7. The molecule has 0 aliphatic carbocycles. The van der Waals surface area contributed by atoms with E-state index in [1.165, 1.54) is 5.56 Å². The molecule has 0 saturated carbocycles. The molecule has 3 nitrogen and oxygen atoms in total. The lowest BCUT2D eigenvalue weighted by atomic mass is 10.1. The zero-order valence-electron chi connectivity index (χ0n) is 12.3. The minimum absolute atomic E-state index is 0.0290. The predicted molar refractivity (Wildman–Crippen MR) is 88.1 cm³/mol. The van der Waals surface area contributed by atoms with E-state index in [4.69, 9.17) is 0 Å². The van der Waals surface area contributed by atoms with Crippen molar-refractivity contribution in [2.24, 2.45) is 0 Å². The summed E-state index contributed by atoms with van der Waals surface area (Å²) in [6, 6.07) is 13.7. The molecule has 4 heteroatoms. The van der Waals surface area contributed by atoms with Crippen LogP contribution in [0.1, 0.15) is 35.0 Å². The minimum Gasteiger partial charge on any atom is -0.333 e. The molecule has 1 aromatic carbocycles. The molecule has 0 aliphatic heterocycles. The quantitative estimate of drug-likeness (QED) is 0.760. The molecule has 0 fully saturated rings. The van der Waals surface area contributed by atoms with Crippen molar-refractivity contribution in [2.45, 2.75) is 26.8 Å². The van der Waals surface area contributed by atoms with Gasteiger partial charge in [0.1, 0.15) is 10.3 Å². The van der Waals surface area contributed by atoms with E-state index in [1.807, 2.05) is 17.0 Å². The largest absolute Gasteiger partial charge is 0.333 e. The number of amides is 1. The highest BCUT2D eigenvalue weighted by Crippen LogP contribution is 2.13. The van der Waals surface area contributed by atoms with Gasteiger partial charge in [0.05, 0.1) is 0 Å².